The molecule has 4 aromatic rings. The van der Waals surface area contributed by atoms with Crippen molar-refractivity contribution < 1.29 is 18.9 Å². The molecule has 0 aromatic heterocycles. The summed E-state index contributed by atoms with van der Waals surface area (Å²) in [5.41, 5.74) is 7.91. The molecule has 0 aliphatic heterocycles. The molecule has 0 heterocycles. The molecule has 0 radical (unpaired) electrons. The third kappa shape index (κ3) is 3.35. The lowest BCUT2D eigenvalue weighted by molar-refractivity contribution is 0.262. The van der Waals surface area contributed by atoms with Crippen LogP contribution in [-0.2, 0) is 0 Å². The van der Waals surface area contributed by atoms with Gasteiger partial charge in [0.15, 0.2) is 23.0 Å². The SMILES string of the molecule is COc1cc2c(cc1OC)[C@@H](COc1ccccc1OC)C1c3ccccc3C2c2ccccc21. The van der Waals surface area contributed by atoms with Gasteiger partial charge in [-0.15, -0.1) is 0 Å². The second-order valence-corrected chi connectivity index (χ2v) is 9.07. The van der Waals surface area contributed by atoms with E-state index in [2.05, 4.69) is 60.7 Å². The Balaban J connectivity index is 1.58. The first-order chi connectivity index (χ1) is 17.2. The van der Waals surface area contributed by atoms with Crippen LogP contribution in [0.5, 0.6) is 23.0 Å². The molecule has 0 spiro atoms. The van der Waals surface area contributed by atoms with Gasteiger partial charge in [0.2, 0.25) is 0 Å². The Bertz CT molecular complexity index is 1350. The van der Waals surface area contributed by atoms with Crippen molar-refractivity contribution in [3.63, 3.8) is 0 Å². The first-order valence-electron chi connectivity index (χ1n) is 11.9. The molecular weight excluding hydrogens is 436 g/mol. The van der Waals surface area contributed by atoms with Crippen LogP contribution >= 0.6 is 0 Å². The number of benzene rings is 4. The highest BCUT2D eigenvalue weighted by molar-refractivity contribution is 5.66. The fraction of sp³-hybridized carbons (Fsp3) is 0.226. The number of methoxy groups -OCH3 is 3. The smallest absolute Gasteiger partial charge is 0.161 e. The van der Waals surface area contributed by atoms with E-state index in [1.165, 1.54) is 33.4 Å². The Kier molecular flexibility index (Phi) is 5.37. The number of ether oxygens (including phenoxy) is 4. The molecule has 35 heavy (non-hydrogen) atoms. The molecule has 1 atom stereocenters. The van der Waals surface area contributed by atoms with Gasteiger partial charge in [-0.1, -0.05) is 60.7 Å². The Morgan fingerprint density at radius 3 is 1.57 bits per heavy atom. The minimum Gasteiger partial charge on any atom is -0.493 e. The van der Waals surface area contributed by atoms with Crippen LogP contribution in [0.2, 0.25) is 0 Å². The lowest BCUT2D eigenvalue weighted by Gasteiger charge is -2.33. The third-order valence-corrected chi connectivity index (χ3v) is 7.47. The molecule has 0 fully saturated rings. The normalized spacial score (nSPS) is 19.1. The Hall–Kier alpha value is -3.92. The quantitative estimate of drug-likeness (QED) is 0.326. The maximum atomic E-state index is 6.49. The fourth-order valence-corrected chi connectivity index (χ4v) is 5.98. The van der Waals surface area contributed by atoms with E-state index in [0.29, 0.717) is 6.61 Å². The van der Waals surface area contributed by atoms with Gasteiger partial charge in [-0.25, -0.2) is 0 Å². The van der Waals surface area contributed by atoms with Crippen LogP contribution < -0.4 is 18.9 Å². The minimum atomic E-state index is 0.0736. The molecule has 0 saturated heterocycles. The van der Waals surface area contributed by atoms with Gasteiger partial charge in [0.1, 0.15) is 0 Å². The van der Waals surface area contributed by atoms with Crippen molar-refractivity contribution in [2.45, 2.75) is 17.8 Å². The average molecular weight is 465 g/mol. The van der Waals surface area contributed by atoms with Gasteiger partial charge >= 0.3 is 0 Å². The molecule has 0 amide bonds. The number of para-hydroxylation sites is 2. The lowest BCUT2D eigenvalue weighted by atomic mass is 9.71. The number of hydrogen-bond donors (Lipinski definition) is 0. The van der Waals surface area contributed by atoms with E-state index < -0.39 is 0 Å². The highest BCUT2D eigenvalue weighted by atomic mass is 16.5. The van der Waals surface area contributed by atoms with E-state index >= 15 is 0 Å². The van der Waals surface area contributed by atoms with Crippen LogP contribution in [-0.4, -0.2) is 27.9 Å². The third-order valence-electron chi connectivity index (χ3n) is 7.47. The first-order valence-corrected chi connectivity index (χ1v) is 11.9. The van der Waals surface area contributed by atoms with Crippen molar-refractivity contribution in [2.24, 2.45) is 0 Å². The van der Waals surface area contributed by atoms with Crippen molar-refractivity contribution in [3.05, 3.63) is 118 Å². The predicted octanol–water partition coefficient (Wildman–Crippen LogP) is 6.51. The zero-order chi connectivity index (χ0) is 23.9. The molecule has 4 heteroatoms. The van der Waals surface area contributed by atoms with Crippen LogP contribution in [0.15, 0.2) is 84.9 Å². The van der Waals surface area contributed by atoms with Gasteiger partial charge in [-0.2, -0.15) is 0 Å². The van der Waals surface area contributed by atoms with E-state index in [-0.39, 0.29) is 17.8 Å². The molecule has 2 bridgehead atoms. The Labute approximate surface area is 206 Å². The summed E-state index contributed by atoms with van der Waals surface area (Å²) in [5, 5.41) is 0. The maximum Gasteiger partial charge on any atom is 0.161 e. The Morgan fingerprint density at radius 1 is 0.514 bits per heavy atom. The van der Waals surface area contributed by atoms with E-state index in [4.69, 9.17) is 18.9 Å². The monoisotopic (exact) mass is 464 g/mol. The van der Waals surface area contributed by atoms with Crippen LogP contribution in [0, 0.1) is 0 Å². The van der Waals surface area contributed by atoms with E-state index in [1.54, 1.807) is 21.3 Å². The topological polar surface area (TPSA) is 36.9 Å². The van der Waals surface area contributed by atoms with Gasteiger partial charge in [0.25, 0.3) is 0 Å². The van der Waals surface area contributed by atoms with Gasteiger partial charge in [0, 0.05) is 17.8 Å². The molecule has 4 aromatic carbocycles. The van der Waals surface area contributed by atoms with Crippen molar-refractivity contribution in [2.75, 3.05) is 27.9 Å². The first kappa shape index (κ1) is 21.6. The lowest BCUT2D eigenvalue weighted by Crippen LogP contribution is -2.22. The molecule has 176 valence electrons. The zero-order valence-electron chi connectivity index (χ0n) is 20.2. The molecule has 3 aliphatic carbocycles. The van der Waals surface area contributed by atoms with Crippen LogP contribution in [0.4, 0.5) is 0 Å². The predicted molar refractivity (Wildman–Crippen MR) is 136 cm³/mol. The molecular formula is C31H28O4. The van der Waals surface area contributed by atoms with E-state index in [9.17, 15) is 0 Å². The summed E-state index contributed by atoms with van der Waals surface area (Å²) in [5.74, 6) is 3.33. The maximum absolute atomic E-state index is 6.49. The second kappa shape index (κ2) is 8.70. The highest BCUT2D eigenvalue weighted by Gasteiger charge is 2.43. The highest BCUT2D eigenvalue weighted by Crippen LogP contribution is 2.57. The van der Waals surface area contributed by atoms with E-state index in [0.717, 1.165) is 23.0 Å². The molecule has 7 rings (SSSR count). The van der Waals surface area contributed by atoms with Crippen molar-refractivity contribution in [1.29, 1.82) is 0 Å². The second-order valence-electron chi connectivity index (χ2n) is 9.07. The molecule has 0 unspecified atom stereocenters. The number of rotatable bonds is 6. The van der Waals surface area contributed by atoms with Gasteiger partial charge < -0.3 is 18.9 Å². The van der Waals surface area contributed by atoms with Gasteiger partial charge in [-0.05, 0) is 57.6 Å². The van der Waals surface area contributed by atoms with Crippen molar-refractivity contribution in [1.82, 2.24) is 0 Å². The van der Waals surface area contributed by atoms with Crippen LogP contribution in [0.3, 0.4) is 0 Å². The summed E-state index contributed by atoms with van der Waals surface area (Å²) in [7, 11) is 5.07. The zero-order valence-corrected chi connectivity index (χ0v) is 20.2. The molecule has 4 nitrogen and oxygen atoms in total. The van der Waals surface area contributed by atoms with Crippen LogP contribution in [0.1, 0.15) is 51.1 Å². The van der Waals surface area contributed by atoms with E-state index in [1.807, 2.05) is 24.3 Å². The van der Waals surface area contributed by atoms with Crippen molar-refractivity contribution in [3.8, 4) is 23.0 Å². The van der Waals surface area contributed by atoms with Gasteiger partial charge in [0.05, 0.1) is 27.9 Å². The molecule has 3 aliphatic rings. The Morgan fingerprint density at radius 2 is 1.00 bits per heavy atom. The minimum absolute atomic E-state index is 0.0736. The summed E-state index contributed by atoms with van der Waals surface area (Å²) in [6.45, 7) is 0.503. The molecule has 0 saturated carbocycles. The summed E-state index contributed by atoms with van der Waals surface area (Å²) in [4.78, 5) is 0. The number of hydrogen-bond acceptors (Lipinski definition) is 4. The summed E-state index contributed by atoms with van der Waals surface area (Å²) < 4.78 is 23.5. The van der Waals surface area contributed by atoms with Gasteiger partial charge in [-0.3, -0.25) is 0 Å². The summed E-state index contributed by atoms with van der Waals surface area (Å²) >= 11 is 0. The average Bonchev–Trinajstić information content (AvgIpc) is 3.11. The van der Waals surface area contributed by atoms with Crippen molar-refractivity contribution >= 4 is 0 Å². The largest absolute Gasteiger partial charge is 0.493 e. The van der Waals surface area contributed by atoms with Crippen LogP contribution in [0.25, 0.3) is 0 Å². The summed E-state index contributed by atoms with van der Waals surface area (Å²) in [6.07, 6.45) is 0. The fourth-order valence-electron chi connectivity index (χ4n) is 5.98. The summed E-state index contributed by atoms with van der Waals surface area (Å²) in [6, 6.07) is 29.8. The molecule has 0 N–H and O–H groups in total. The standard InChI is InChI=1S/C31H28O4/c1-32-26-14-8-9-15-27(26)35-18-25-23-16-28(33-2)29(34-3)17-24(23)30-19-10-4-6-12-21(19)31(25)22-13-7-5-11-20(22)30/h4-17,25,30-31H,18H2,1-3H3/t25-,30?,31?/m1/s1.